The summed E-state index contributed by atoms with van der Waals surface area (Å²) in [5, 5.41) is 2.84. The summed E-state index contributed by atoms with van der Waals surface area (Å²) in [6, 6.07) is 19.2. The molecule has 0 saturated heterocycles. The van der Waals surface area contributed by atoms with Gasteiger partial charge < -0.3 is 4.74 Å². The standard InChI is InChI=1S/C23H22ClNOS/c1-16-2-4-17(5-3-16)12-14-26-19-8-6-18(7-9-19)21-10-11-22(25-21)23-20(24)13-15-27-23/h2-9,13,15,21H,10-12,14H2,1H3. The summed E-state index contributed by atoms with van der Waals surface area (Å²) in [4.78, 5) is 6.02. The van der Waals surface area contributed by atoms with Crippen LogP contribution in [-0.2, 0) is 6.42 Å². The lowest BCUT2D eigenvalue weighted by Gasteiger charge is -2.10. The highest BCUT2D eigenvalue weighted by molar-refractivity contribution is 7.12. The van der Waals surface area contributed by atoms with Crippen LogP contribution in [0.4, 0.5) is 0 Å². The minimum absolute atomic E-state index is 0.222. The van der Waals surface area contributed by atoms with Crippen LogP contribution in [0.25, 0.3) is 0 Å². The number of rotatable bonds is 6. The predicted molar refractivity (Wildman–Crippen MR) is 115 cm³/mol. The van der Waals surface area contributed by atoms with Gasteiger partial charge in [-0.15, -0.1) is 11.3 Å². The third-order valence-electron chi connectivity index (χ3n) is 4.89. The fourth-order valence-electron chi connectivity index (χ4n) is 3.33. The Morgan fingerprint density at radius 1 is 1.07 bits per heavy atom. The summed E-state index contributed by atoms with van der Waals surface area (Å²) in [5.74, 6) is 0.911. The van der Waals surface area contributed by atoms with Gasteiger partial charge in [-0.05, 0) is 54.5 Å². The minimum Gasteiger partial charge on any atom is -0.493 e. The summed E-state index contributed by atoms with van der Waals surface area (Å²) >= 11 is 7.92. The van der Waals surface area contributed by atoms with E-state index in [1.54, 1.807) is 11.3 Å². The molecule has 2 heterocycles. The molecule has 1 unspecified atom stereocenters. The van der Waals surface area contributed by atoms with Gasteiger partial charge in [-0.3, -0.25) is 4.99 Å². The topological polar surface area (TPSA) is 21.6 Å². The molecule has 0 bridgehead atoms. The summed E-state index contributed by atoms with van der Waals surface area (Å²) < 4.78 is 5.90. The molecule has 4 heteroatoms. The Morgan fingerprint density at radius 3 is 2.56 bits per heavy atom. The van der Waals surface area contributed by atoms with E-state index < -0.39 is 0 Å². The fourth-order valence-corrected chi connectivity index (χ4v) is 4.52. The molecule has 1 aromatic heterocycles. The zero-order valence-electron chi connectivity index (χ0n) is 15.3. The summed E-state index contributed by atoms with van der Waals surface area (Å²) in [6.45, 7) is 2.79. The van der Waals surface area contributed by atoms with E-state index in [-0.39, 0.29) is 6.04 Å². The van der Waals surface area contributed by atoms with Gasteiger partial charge in [-0.25, -0.2) is 0 Å². The maximum atomic E-state index is 6.25. The first-order valence-corrected chi connectivity index (χ1v) is 10.5. The molecule has 0 aliphatic carbocycles. The molecule has 1 atom stereocenters. The number of benzene rings is 2. The fraction of sp³-hybridized carbons (Fsp3) is 0.261. The van der Waals surface area contributed by atoms with Gasteiger partial charge >= 0.3 is 0 Å². The highest BCUT2D eigenvalue weighted by Gasteiger charge is 2.22. The van der Waals surface area contributed by atoms with Gasteiger partial charge in [0.05, 0.1) is 28.3 Å². The molecule has 2 nitrogen and oxygen atoms in total. The lowest BCUT2D eigenvalue weighted by atomic mass is 10.0. The van der Waals surface area contributed by atoms with Crippen molar-refractivity contribution in [1.29, 1.82) is 0 Å². The van der Waals surface area contributed by atoms with E-state index in [9.17, 15) is 0 Å². The number of aryl methyl sites for hydroxylation is 1. The maximum Gasteiger partial charge on any atom is 0.119 e. The smallest absolute Gasteiger partial charge is 0.119 e. The number of thiophene rings is 1. The zero-order chi connectivity index (χ0) is 18.6. The van der Waals surface area contributed by atoms with Crippen molar-refractivity contribution in [2.45, 2.75) is 32.2 Å². The van der Waals surface area contributed by atoms with E-state index in [0.29, 0.717) is 6.61 Å². The van der Waals surface area contributed by atoms with Gasteiger partial charge in [0, 0.05) is 6.42 Å². The third kappa shape index (κ3) is 4.42. The Hall–Kier alpha value is -2.10. The van der Waals surface area contributed by atoms with Crippen LogP contribution in [0.3, 0.4) is 0 Å². The van der Waals surface area contributed by atoms with E-state index in [0.717, 1.165) is 40.6 Å². The minimum atomic E-state index is 0.222. The molecule has 3 aromatic rings. The van der Waals surface area contributed by atoms with Crippen LogP contribution >= 0.6 is 22.9 Å². The van der Waals surface area contributed by atoms with Crippen LogP contribution < -0.4 is 4.74 Å². The number of ether oxygens (including phenoxy) is 1. The molecule has 0 N–H and O–H groups in total. The molecule has 2 aromatic carbocycles. The highest BCUT2D eigenvalue weighted by Crippen LogP contribution is 2.35. The van der Waals surface area contributed by atoms with Gasteiger partial charge in [0.2, 0.25) is 0 Å². The van der Waals surface area contributed by atoms with Crippen molar-refractivity contribution < 1.29 is 4.74 Å². The largest absolute Gasteiger partial charge is 0.493 e. The number of halogens is 1. The van der Waals surface area contributed by atoms with E-state index in [1.165, 1.54) is 16.7 Å². The monoisotopic (exact) mass is 395 g/mol. The van der Waals surface area contributed by atoms with Crippen molar-refractivity contribution in [3.63, 3.8) is 0 Å². The van der Waals surface area contributed by atoms with Crippen molar-refractivity contribution in [1.82, 2.24) is 0 Å². The van der Waals surface area contributed by atoms with Gasteiger partial charge in [0.1, 0.15) is 5.75 Å². The summed E-state index contributed by atoms with van der Waals surface area (Å²) in [5.41, 5.74) is 4.97. The van der Waals surface area contributed by atoms with E-state index in [1.807, 2.05) is 11.4 Å². The second-order valence-electron chi connectivity index (χ2n) is 6.88. The molecule has 27 heavy (non-hydrogen) atoms. The molecule has 0 saturated carbocycles. The van der Waals surface area contributed by atoms with Crippen molar-refractivity contribution in [2.75, 3.05) is 6.61 Å². The first-order valence-electron chi connectivity index (χ1n) is 9.27. The average Bonchev–Trinajstić information content (AvgIpc) is 3.33. The molecular weight excluding hydrogens is 374 g/mol. The van der Waals surface area contributed by atoms with E-state index in [2.05, 4.69) is 55.5 Å². The number of hydrogen-bond acceptors (Lipinski definition) is 3. The van der Waals surface area contributed by atoms with E-state index in [4.69, 9.17) is 21.3 Å². The summed E-state index contributed by atoms with van der Waals surface area (Å²) in [6.07, 6.45) is 2.94. The first kappa shape index (κ1) is 18.3. The maximum absolute atomic E-state index is 6.25. The Kier molecular flexibility index (Phi) is 5.61. The molecular formula is C23H22ClNOS. The SMILES string of the molecule is Cc1ccc(CCOc2ccc(C3CCC(c4sccc4Cl)=N3)cc2)cc1. The van der Waals surface area contributed by atoms with Crippen molar-refractivity contribution >= 4 is 28.6 Å². The molecule has 1 aliphatic rings. The normalized spacial score (nSPS) is 16.4. The Morgan fingerprint density at radius 2 is 1.85 bits per heavy atom. The quantitative estimate of drug-likeness (QED) is 0.457. The number of hydrogen-bond donors (Lipinski definition) is 0. The second kappa shape index (κ2) is 8.28. The Balaban J connectivity index is 1.34. The molecule has 1 aliphatic heterocycles. The zero-order valence-corrected chi connectivity index (χ0v) is 16.9. The van der Waals surface area contributed by atoms with Gasteiger partial charge in [-0.2, -0.15) is 0 Å². The van der Waals surface area contributed by atoms with Crippen LogP contribution in [0.15, 0.2) is 65.0 Å². The van der Waals surface area contributed by atoms with Crippen molar-refractivity contribution in [3.8, 4) is 5.75 Å². The molecule has 0 fully saturated rings. The van der Waals surface area contributed by atoms with Crippen LogP contribution in [-0.4, -0.2) is 12.3 Å². The van der Waals surface area contributed by atoms with Gasteiger partial charge in [-0.1, -0.05) is 53.6 Å². The van der Waals surface area contributed by atoms with Crippen molar-refractivity contribution in [3.05, 3.63) is 86.6 Å². The van der Waals surface area contributed by atoms with Crippen LogP contribution in [0.2, 0.25) is 5.02 Å². The second-order valence-corrected chi connectivity index (χ2v) is 8.20. The van der Waals surface area contributed by atoms with Crippen LogP contribution in [0.5, 0.6) is 5.75 Å². The first-order chi connectivity index (χ1) is 13.2. The predicted octanol–water partition coefficient (Wildman–Crippen LogP) is 6.66. The van der Waals surface area contributed by atoms with Gasteiger partial charge in [0.15, 0.2) is 0 Å². The highest BCUT2D eigenvalue weighted by atomic mass is 35.5. The lowest BCUT2D eigenvalue weighted by molar-refractivity contribution is 0.322. The molecule has 4 rings (SSSR count). The third-order valence-corrected chi connectivity index (χ3v) is 6.28. The Labute approximate surface area is 169 Å². The number of aliphatic imine (C=N–C) groups is 1. The average molecular weight is 396 g/mol. The molecule has 0 radical (unpaired) electrons. The number of nitrogens with zero attached hydrogens (tertiary/aromatic N) is 1. The molecule has 0 amide bonds. The van der Waals surface area contributed by atoms with Crippen LogP contribution in [0, 0.1) is 6.92 Å². The molecule has 138 valence electrons. The van der Waals surface area contributed by atoms with E-state index >= 15 is 0 Å². The lowest BCUT2D eigenvalue weighted by Crippen LogP contribution is -2.01. The Bertz CT molecular complexity index is 928. The van der Waals surface area contributed by atoms with Gasteiger partial charge in [0.25, 0.3) is 0 Å². The van der Waals surface area contributed by atoms with Crippen molar-refractivity contribution in [2.24, 2.45) is 4.99 Å². The van der Waals surface area contributed by atoms with Crippen LogP contribution in [0.1, 0.15) is 40.5 Å². The summed E-state index contributed by atoms with van der Waals surface area (Å²) in [7, 11) is 0. The molecule has 0 spiro atoms.